The molecule has 2 N–H and O–H groups in total. The highest BCUT2D eigenvalue weighted by atomic mass is 35.5. The van der Waals surface area contributed by atoms with Crippen LogP contribution in [0.2, 0.25) is 5.02 Å². The van der Waals surface area contributed by atoms with Crippen molar-refractivity contribution in [3.8, 4) is 5.75 Å². The summed E-state index contributed by atoms with van der Waals surface area (Å²) in [7, 11) is 0. The molecule has 0 aliphatic carbocycles. The maximum atomic E-state index is 12.4. The van der Waals surface area contributed by atoms with Crippen LogP contribution in [0.15, 0.2) is 42.5 Å². The van der Waals surface area contributed by atoms with E-state index in [0.29, 0.717) is 28.6 Å². The Labute approximate surface area is 152 Å². The molecule has 0 heterocycles. The number of rotatable bonds is 5. The zero-order valence-electron chi connectivity index (χ0n) is 13.6. The van der Waals surface area contributed by atoms with Gasteiger partial charge in [-0.1, -0.05) is 36.7 Å². The largest absolute Gasteiger partial charge is 0.493 e. The molecule has 2 aromatic carbocycles. The van der Waals surface area contributed by atoms with Crippen molar-refractivity contribution < 1.29 is 9.53 Å². The van der Waals surface area contributed by atoms with E-state index < -0.39 is 0 Å². The summed E-state index contributed by atoms with van der Waals surface area (Å²) in [6.45, 7) is 4.47. The van der Waals surface area contributed by atoms with Crippen LogP contribution >= 0.6 is 23.8 Å². The van der Waals surface area contributed by atoms with E-state index in [0.717, 1.165) is 12.0 Å². The number of aryl methyl sites for hydroxylation is 1. The predicted molar refractivity (Wildman–Crippen MR) is 102 cm³/mol. The van der Waals surface area contributed by atoms with Gasteiger partial charge in [0, 0.05) is 10.7 Å². The molecular weight excluding hydrogens is 344 g/mol. The fourth-order valence-electron chi connectivity index (χ4n) is 2.00. The second-order valence-electron chi connectivity index (χ2n) is 5.22. The summed E-state index contributed by atoms with van der Waals surface area (Å²) in [4.78, 5) is 12.4. The maximum Gasteiger partial charge on any atom is 0.261 e. The third kappa shape index (κ3) is 4.94. The number of hydrogen-bond donors (Lipinski definition) is 2. The van der Waals surface area contributed by atoms with Crippen LogP contribution in [-0.2, 0) is 0 Å². The van der Waals surface area contributed by atoms with Crippen LogP contribution < -0.4 is 15.4 Å². The number of nitrogens with one attached hydrogen (secondary N) is 2. The standard InChI is InChI=1S/C18H19ClN2O2S/c1-3-10-23-16-7-5-4-6-14(16)17(22)21-18(24)20-13-9-8-12(2)15(19)11-13/h4-9,11H,3,10H2,1-2H3,(H2,20,21,22,24). The molecule has 0 aromatic heterocycles. The number of carbonyl (C=O) groups excluding carboxylic acids is 1. The van der Waals surface area contributed by atoms with Crippen molar-refractivity contribution in [3.05, 3.63) is 58.6 Å². The predicted octanol–water partition coefficient (Wildman–Crippen LogP) is 4.56. The lowest BCUT2D eigenvalue weighted by atomic mass is 10.2. The van der Waals surface area contributed by atoms with Gasteiger partial charge in [-0.05, 0) is 55.4 Å². The molecule has 0 fully saturated rings. The zero-order chi connectivity index (χ0) is 17.5. The normalized spacial score (nSPS) is 10.1. The van der Waals surface area contributed by atoms with Gasteiger partial charge in [0.15, 0.2) is 5.11 Å². The second-order valence-corrected chi connectivity index (χ2v) is 6.03. The van der Waals surface area contributed by atoms with E-state index in [9.17, 15) is 4.79 Å². The molecule has 0 bridgehead atoms. The molecule has 126 valence electrons. The lowest BCUT2D eigenvalue weighted by molar-refractivity contribution is 0.0973. The highest BCUT2D eigenvalue weighted by Gasteiger charge is 2.13. The zero-order valence-corrected chi connectivity index (χ0v) is 15.1. The van der Waals surface area contributed by atoms with Crippen LogP contribution in [0, 0.1) is 6.92 Å². The van der Waals surface area contributed by atoms with Gasteiger partial charge >= 0.3 is 0 Å². The molecule has 0 aliphatic heterocycles. The van der Waals surface area contributed by atoms with E-state index in [1.807, 2.05) is 32.0 Å². The highest BCUT2D eigenvalue weighted by molar-refractivity contribution is 7.80. The lowest BCUT2D eigenvalue weighted by Crippen LogP contribution is -2.34. The van der Waals surface area contributed by atoms with Crippen LogP contribution in [0.3, 0.4) is 0 Å². The molecule has 2 rings (SSSR count). The smallest absolute Gasteiger partial charge is 0.261 e. The van der Waals surface area contributed by atoms with Crippen molar-refractivity contribution in [2.24, 2.45) is 0 Å². The van der Waals surface area contributed by atoms with Crippen LogP contribution in [0.5, 0.6) is 5.75 Å². The molecule has 2 aromatic rings. The first-order valence-electron chi connectivity index (χ1n) is 7.61. The van der Waals surface area contributed by atoms with Crippen molar-refractivity contribution in [2.45, 2.75) is 20.3 Å². The SMILES string of the molecule is CCCOc1ccccc1C(=O)NC(=S)Nc1ccc(C)c(Cl)c1. The Kier molecular flexibility index (Phi) is 6.58. The van der Waals surface area contributed by atoms with Gasteiger partial charge in [0.25, 0.3) is 5.91 Å². The van der Waals surface area contributed by atoms with Crippen LogP contribution in [0.4, 0.5) is 5.69 Å². The summed E-state index contributed by atoms with van der Waals surface area (Å²) in [5.74, 6) is 0.218. The topological polar surface area (TPSA) is 50.4 Å². The third-order valence-electron chi connectivity index (χ3n) is 3.25. The number of carbonyl (C=O) groups is 1. The van der Waals surface area contributed by atoms with Crippen molar-refractivity contribution in [1.82, 2.24) is 5.32 Å². The minimum atomic E-state index is -0.322. The number of hydrogen-bond acceptors (Lipinski definition) is 3. The monoisotopic (exact) mass is 362 g/mol. The van der Waals surface area contributed by atoms with Gasteiger partial charge < -0.3 is 10.1 Å². The van der Waals surface area contributed by atoms with E-state index in [2.05, 4.69) is 10.6 Å². The molecule has 0 aliphatic rings. The molecule has 0 saturated carbocycles. The number of anilines is 1. The molecule has 0 spiro atoms. The van der Waals surface area contributed by atoms with Crippen LogP contribution in [0.25, 0.3) is 0 Å². The summed E-state index contributed by atoms with van der Waals surface area (Å²) >= 11 is 11.3. The van der Waals surface area contributed by atoms with Gasteiger partial charge in [0.1, 0.15) is 5.75 Å². The molecule has 0 saturated heterocycles. The molecule has 4 nitrogen and oxygen atoms in total. The summed E-state index contributed by atoms with van der Waals surface area (Å²) < 4.78 is 5.59. The Morgan fingerprint density at radius 2 is 2.00 bits per heavy atom. The van der Waals surface area contributed by atoms with Crippen LogP contribution in [0.1, 0.15) is 29.3 Å². The van der Waals surface area contributed by atoms with Crippen LogP contribution in [-0.4, -0.2) is 17.6 Å². The minimum absolute atomic E-state index is 0.199. The molecular formula is C18H19ClN2O2S. The van der Waals surface area contributed by atoms with Gasteiger partial charge in [0.05, 0.1) is 12.2 Å². The Balaban J connectivity index is 2.03. The molecule has 24 heavy (non-hydrogen) atoms. The van der Waals surface area contributed by atoms with Gasteiger partial charge in [0.2, 0.25) is 0 Å². The van der Waals surface area contributed by atoms with E-state index >= 15 is 0 Å². The van der Waals surface area contributed by atoms with Gasteiger partial charge in [-0.3, -0.25) is 10.1 Å². The molecule has 1 amide bonds. The highest BCUT2D eigenvalue weighted by Crippen LogP contribution is 2.20. The molecule has 0 radical (unpaired) electrons. The second kappa shape index (κ2) is 8.66. The van der Waals surface area contributed by atoms with Crippen molar-refractivity contribution in [1.29, 1.82) is 0 Å². The van der Waals surface area contributed by atoms with Gasteiger partial charge in [-0.25, -0.2) is 0 Å². The Bertz CT molecular complexity index is 750. The summed E-state index contributed by atoms with van der Waals surface area (Å²) in [5.41, 5.74) is 2.13. The van der Waals surface area contributed by atoms with E-state index in [-0.39, 0.29) is 11.0 Å². The minimum Gasteiger partial charge on any atom is -0.493 e. The number of benzene rings is 2. The fourth-order valence-corrected chi connectivity index (χ4v) is 2.39. The first kappa shape index (κ1) is 18.2. The number of thiocarbonyl (C=S) groups is 1. The van der Waals surface area contributed by atoms with Gasteiger partial charge in [-0.15, -0.1) is 0 Å². The average molecular weight is 363 g/mol. The molecule has 0 atom stereocenters. The molecule has 0 unspecified atom stereocenters. The Hall–Kier alpha value is -2.11. The van der Waals surface area contributed by atoms with Crippen molar-refractivity contribution >= 4 is 40.5 Å². The first-order chi connectivity index (χ1) is 11.5. The Morgan fingerprint density at radius 1 is 1.25 bits per heavy atom. The summed E-state index contributed by atoms with van der Waals surface area (Å²) in [6.07, 6.45) is 0.865. The van der Waals surface area contributed by atoms with E-state index in [4.69, 9.17) is 28.6 Å². The number of para-hydroxylation sites is 1. The summed E-state index contributed by atoms with van der Waals surface area (Å²) in [5, 5.41) is 6.43. The number of halogens is 1. The van der Waals surface area contributed by atoms with E-state index in [1.165, 1.54) is 0 Å². The van der Waals surface area contributed by atoms with Crippen molar-refractivity contribution in [2.75, 3.05) is 11.9 Å². The molecule has 6 heteroatoms. The van der Waals surface area contributed by atoms with Gasteiger partial charge in [-0.2, -0.15) is 0 Å². The van der Waals surface area contributed by atoms with E-state index in [1.54, 1.807) is 24.3 Å². The summed E-state index contributed by atoms with van der Waals surface area (Å²) in [6, 6.07) is 12.6. The lowest BCUT2D eigenvalue weighted by Gasteiger charge is -2.13. The first-order valence-corrected chi connectivity index (χ1v) is 8.40. The third-order valence-corrected chi connectivity index (χ3v) is 3.86. The number of amides is 1. The van der Waals surface area contributed by atoms with Crippen molar-refractivity contribution in [3.63, 3.8) is 0 Å². The maximum absolute atomic E-state index is 12.4. The average Bonchev–Trinajstić information content (AvgIpc) is 2.56. The quantitative estimate of drug-likeness (QED) is 0.765. The Morgan fingerprint density at radius 3 is 2.71 bits per heavy atom. The number of ether oxygens (including phenoxy) is 1. The fraction of sp³-hybridized carbons (Fsp3) is 0.222.